The summed E-state index contributed by atoms with van der Waals surface area (Å²) in [5.41, 5.74) is 5.04. The third-order valence-electron chi connectivity index (χ3n) is 3.75. The fraction of sp³-hybridized carbons (Fsp3) is 0.462. The number of nitrogens with one attached hydrogen (secondary N) is 1. The fourth-order valence-corrected chi connectivity index (χ4v) is 3.32. The van der Waals surface area contributed by atoms with Crippen LogP contribution in [0.25, 0.3) is 0 Å². The summed E-state index contributed by atoms with van der Waals surface area (Å²) in [5.74, 6) is -1.17. The summed E-state index contributed by atoms with van der Waals surface area (Å²) < 4.78 is 38.3. The molecule has 0 spiro atoms. The third-order valence-corrected chi connectivity index (χ3v) is 4.34. The van der Waals surface area contributed by atoms with Gasteiger partial charge in [-0.3, -0.25) is 9.52 Å². The first kappa shape index (κ1) is 14.8. The van der Waals surface area contributed by atoms with Gasteiger partial charge in [0, 0.05) is 0 Å². The van der Waals surface area contributed by atoms with E-state index in [1.165, 1.54) is 12.1 Å². The smallest absolute Gasteiger partial charge is 0.229 e. The highest BCUT2D eigenvalue weighted by Crippen LogP contribution is 2.41. The molecule has 1 saturated carbocycles. The highest BCUT2D eigenvalue weighted by atomic mass is 32.2. The molecular weight excluding hydrogens is 283 g/mol. The topological polar surface area (TPSA) is 89.3 Å². The van der Waals surface area contributed by atoms with Gasteiger partial charge in [0.05, 0.1) is 17.4 Å². The molecule has 1 aromatic carbocycles. The van der Waals surface area contributed by atoms with Crippen LogP contribution in [0.4, 0.5) is 10.1 Å². The molecule has 20 heavy (non-hydrogen) atoms. The molecule has 110 valence electrons. The van der Waals surface area contributed by atoms with E-state index in [0.717, 1.165) is 19.1 Å². The van der Waals surface area contributed by atoms with Gasteiger partial charge in [-0.1, -0.05) is 18.9 Å². The van der Waals surface area contributed by atoms with Gasteiger partial charge in [-0.05, 0) is 30.5 Å². The molecule has 3 N–H and O–H groups in total. The lowest BCUT2D eigenvalue weighted by molar-refractivity contribution is -0.123. The second-order valence-electron chi connectivity index (χ2n) is 5.22. The minimum Gasteiger partial charge on any atom is -0.369 e. The lowest BCUT2D eigenvalue weighted by atomic mass is 9.78. The molecule has 0 atom stereocenters. The molecule has 1 aliphatic rings. The Morgan fingerprint density at radius 2 is 1.95 bits per heavy atom. The molecule has 0 radical (unpaired) electrons. The predicted molar refractivity (Wildman–Crippen MR) is 74.2 cm³/mol. The number of hydrogen-bond donors (Lipinski definition) is 2. The molecule has 0 heterocycles. The number of amides is 1. The van der Waals surface area contributed by atoms with Crippen molar-refractivity contribution in [3.8, 4) is 0 Å². The van der Waals surface area contributed by atoms with E-state index in [1.807, 2.05) is 0 Å². The van der Waals surface area contributed by atoms with Crippen molar-refractivity contribution in [2.45, 2.75) is 31.1 Å². The van der Waals surface area contributed by atoms with E-state index in [9.17, 15) is 17.6 Å². The average Bonchev–Trinajstić information content (AvgIpc) is 2.80. The van der Waals surface area contributed by atoms with E-state index in [1.54, 1.807) is 6.07 Å². The van der Waals surface area contributed by atoms with Crippen LogP contribution in [-0.4, -0.2) is 20.6 Å². The van der Waals surface area contributed by atoms with E-state index in [4.69, 9.17) is 5.73 Å². The number of rotatable bonds is 4. The molecule has 5 nitrogen and oxygen atoms in total. The van der Waals surface area contributed by atoms with Gasteiger partial charge in [-0.25, -0.2) is 12.8 Å². The number of carbonyl (C=O) groups is 1. The number of halogens is 1. The van der Waals surface area contributed by atoms with Crippen LogP contribution >= 0.6 is 0 Å². The van der Waals surface area contributed by atoms with Gasteiger partial charge >= 0.3 is 0 Å². The summed E-state index contributed by atoms with van der Waals surface area (Å²) in [6.07, 6.45) is 3.88. The second kappa shape index (κ2) is 5.05. The van der Waals surface area contributed by atoms with E-state index >= 15 is 0 Å². The van der Waals surface area contributed by atoms with Gasteiger partial charge in [0.15, 0.2) is 0 Å². The van der Waals surface area contributed by atoms with Crippen molar-refractivity contribution in [1.29, 1.82) is 0 Å². The summed E-state index contributed by atoms with van der Waals surface area (Å²) in [5, 5.41) is 0. The molecule has 0 aliphatic heterocycles. The predicted octanol–water partition coefficient (Wildman–Crippen LogP) is 1.49. The van der Waals surface area contributed by atoms with Crippen LogP contribution in [0, 0.1) is 5.82 Å². The molecule has 0 bridgehead atoms. The van der Waals surface area contributed by atoms with E-state index in [-0.39, 0.29) is 5.69 Å². The minimum absolute atomic E-state index is 0.131. The Labute approximate surface area is 117 Å². The number of primary amides is 1. The number of sulfonamides is 1. The van der Waals surface area contributed by atoms with Crippen molar-refractivity contribution in [3.05, 3.63) is 29.6 Å². The molecule has 0 aromatic heterocycles. The second-order valence-corrected chi connectivity index (χ2v) is 6.97. The summed E-state index contributed by atoms with van der Waals surface area (Å²) >= 11 is 0. The maximum absolute atomic E-state index is 14.0. The van der Waals surface area contributed by atoms with Crippen LogP contribution in [0.1, 0.15) is 31.2 Å². The van der Waals surface area contributed by atoms with Gasteiger partial charge in [0.2, 0.25) is 15.9 Å². The van der Waals surface area contributed by atoms with Crippen LogP contribution in [0.15, 0.2) is 18.2 Å². The van der Waals surface area contributed by atoms with Crippen LogP contribution in [0.5, 0.6) is 0 Å². The van der Waals surface area contributed by atoms with E-state index < -0.39 is 27.2 Å². The first-order valence-electron chi connectivity index (χ1n) is 6.32. The minimum atomic E-state index is -3.54. The molecule has 1 fully saturated rings. The van der Waals surface area contributed by atoms with Gasteiger partial charge in [-0.2, -0.15) is 0 Å². The van der Waals surface area contributed by atoms with Crippen molar-refractivity contribution in [3.63, 3.8) is 0 Å². The largest absolute Gasteiger partial charge is 0.369 e. The zero-order chi connectivity index (χ0) is 15.0. The molecule has 2 rings (SSSR count). The van der Waals surface area contributed by atoms with Crippen molar-refractivity contribution in [1.82, 2.24) is 0 Å². The van der Waals surface area contributed by atoms with Crippen molar-refractivity contribution < 1.29 is 17.6 Å². The zero-order valence-electron chi connectivity index (χ0n) is 11.1. The average molecular weight is 300 g/mol. The van der Waals surface area contributed by atoms with Gasteiger partial charge in [-0.15, -0.1) is 0 Å². The Balaban J connectivity index is 2.40. The van der Waals surface area contributed by atoms with Crippen molar-refractivity contribution in [2.75, 3.05) is 11.0 Å². The normalized spacial score (nSPS) is 17.9. The third kappa shape index (κ3) is 2.77. The molecule has 1 aromatic rings. The SMILES string of the molecule is CS(=O)(=O)Nc1ccc(C2(C(N)=O)CCCC2)cc1F. The summed E-state index contributed by atoms with van der Waals surface area (Å²) in [6, 6.07) is 4.09. The molecule has 7 heteroatoms. The highest BCUT2D eigenvalue weighted by Gasteiger charge is 2.41. The quantitative estimate of drug-likeness (QED) is 0.883. The Bertz CT molecular complexity index is 637. The van der Waals surface area contributed by atoms with Gasteiger partial charge < -0.3 is 5.73 Å². The summed E-state index contributed by atoms with van der Waals surface area (Å²) in [4.78, 5) is 11.7. The fourth-order valence-electron chi connectivity index (χ4n) is 2.75. The summed E-state index contributed by atoms with van der Waals surface area (Å²) in [7, 11) is -3.54. The van der Waals surface area contributed by atoms with Crippen LogP contribution in [0.2, 0.25) is 0 Å². The number of anilines is 1. The number of nitrogens with two attached hydrogens (primary N) is 1. The Kier molecular flexibility index (Phi) is 3.73. The Hall–Kier alpha value is -1.63. The first-order chi connectivity index (χ1) is 9.24. The maximum atomic E-state index is 14.0. The lowest BCUT2D eigenvalue weighted by Crippen LogP contribution is -2.38. The Morgan fingerprint density at radius 3 is 2.40 bits per heavy atom. The van der Waals surface area contributed by atoms with E-state index in [2.05, 4.69) is 4.72 Å². The van der Waals surface area contributed by atoms with Crippen molar-refractivity contribution in [2.24, 2.45) is 5.73 Å². The number of benzene rings is 1. The van der Waals surface area contributed by atoms with Crippen LogP contribution < -0.4 is 10.5 Å². The van der Waals surface area contributed by atoms with Crippen LogP contribution in [-0.2, 0) is 20.2 Å². The molecule has 0 unspecified atom stereocenters. The molecule has 0 saturated heterocycles. The number of hydrogen-bond acceptors (Lipinski definition) is 3. The van der Waals surface area contributed by atoms with Crippen LogP contribution in [0.3, 0.4) is 0 Å². The summed E-state index contributed by atoms with van der Waals surface area (Å²) in [6.45, 7) is 0. The van der Waals surface area contributed by atoms with E-state index in [0.29, 0.717) is 18.4 Å². The van der Waals surface area contributed by atoms with Gasteiger partial charge in [0.25, 0.3) is 0 Å². The lowest BCUT2D eigenvalue weighted by Gasteiger charge is -2.26. The highest BCUT2D eigenvalue weighted by molar-refractivity contribution is 7.92. The van der Waals surface area contributed by atoms with Gasteiger partial charge in [0.1, 0.15) is 5.82 Å². The molecule has 1 aliphatic carbocycles. The monoisotopic (exact) mass is 300 g/mol. The maximum Gasteiger partial charge on any atom is 0.229 e. The molecule has 1 amide bonds. The zero-order valence-corrected chi connectivity index (χ0v) is 12.0. The standard InChI is InChI=1S/C13H17FN2O3S/c1-20(18,19)16-11-5-4-9(8-10(11)14)13(12(15)17)6-2-3-7-13/h4-5,8,16H,2-3,6-7H2,1H3,(H2,15,17). The number of carbonyl (C=O) groups excluding carboxylic acids is 1. The van der Waals surface area contributed by atoms with Crippen molar-refractivity contribution >= 4 is 21.6 Å². The Morgan fingerprint density at radius 1 is 1.35 bits per heavy atom. The first-order valence-corrected chi connectivity index (χ1v) is 8.21. The molecular formula is C13H17FN2O3S.